The van der Waals surface area contributed by atoms with Crippen molar-refractivity contribution in [3.63, 3.8) is 0 Å². The van der Waals surface area contributed by atoms with E-state index in [1.807, 2.05) is 12.3 Å². The van der Waals surface area contributed by atoms with E-state index in [0.29, 0.717) is 5.92 Å². The Kier molecular flexibility index (Phi) is 6.48. The van der Waals surface area contributed by atoms with Crippen LogP contribution >= 0.6 is 0 Å². The Morgan fingerprint density at radius 2 is 1.85 bits per heavy atom. The molecule has 34 heavy (non-hydrogen) atoms. The molecule has 0 saturated heterocycles. The predicted molar refractivity (Wildman–Crippen MR) is 140 cm³/mol. The van der Waals surface area contributed by atoms with Crippen molar-refractivity contribution < 1.29 is 0 Å². The van der Waals surface area contributed by atoms with Crippen molar-refractivity contribution in [2.45, 2.75) is 51.4 Å². The second kappa shape index (κ2) is 9.84. The topological polar surface area (TPSA) is 57.2 Å². The van der Waals surface area contributed by atoms with Crippen LogP contribution in [-0.2, 0) is 0 Å². The first-order valence-electron chi connectivity index (χ1n) is 12.4. The zero-order chi connectivity index (χ0) is 23.5. The molecule has 1 aromatic carbocycles. The number of hydrogen-bond donors (Lipinski definition) is 1. The summed E-state index contributed by atoms with van der Waals surface area (Å²) in [5.74, 6) is 3.94. The van der Waals surface area contributed by atoms with Crippen molar-refractivity contribution in [1.82, 2.24) is 15.0 Å². The van der Waals surface area contributed by atoms with Crippen molar-refractivity contribution in [2.24, 2.45) is 0 Å². The van der Waals surface area contributed by atoms with Gasteiger partial charge in [0.2, 0.25) is 0 Å². The van der Waals surface area contributed by atoms with Gasteiger partial charge in [-0.25, -0.2) is 15.0 Å². The number of pyridine rings is 1. The largest absolute Gasteiger partial charge is 0.372 e. The van der Waals surface area contributed by atoms with Crippen LogP contribution in [0.5, 0.6) is 0 Å². The fourth-order valence-corrected chi connectivity index (χ4v) is 5.07. The Hall–Kier alpha value is -3.41. The van der Waals surface area contributed by atoms with Gasteiger partial charge in [0.05, 0.1) is 11.4 Å². The second-order valence-electron chi connectivity index (χ2n) is 9.54. The third-order valence-corrected chi connectivity index (χ3v) is 6.95. The summed E-state index contributed by atoms with van der Waals surface area (Å²) >= 11 is 0. The Balaban J connectivity index is 1.43. The average Bonchev–Trinajstić information content (AvgIpc) is 3.03. The highest BCUT2D eigenvalue weighted by Crippen LogP contribution is 2.35. The fourth-order valence-electron chi connectivity index (χ4n) is 5.07. The molecule has 2 aromatic heterocycles. The van der Waals surface area contributed by atoms with E-state index in [4.69, 9.17) is 9.97 Å². The predicted octanol–water partition coefficient (Wildman–Crippen LogP) is 6.12. The van der Waals surface area contributed by atoms with Crippen molar-refractivity contribution in [3.05, 3.63) is 72.4 Å². The molecule has 0 radical (unpaired) electrons. The molecule has 1 aliphatic heterocycles. The standard InChI is InChI=1S/C28H34N6/c1-20-9-7-12-23(19-20)24-13-14-25-28(31-24)34(18-8-17-33(25)3)21(2)30-26-15-16-29-27(32-26)22-10-5-4-6-11-22/h7,9,12-16,19,22H,2,4-6,8,10-11,17-18H2,1,3H3,(H,29,30,32). The number of fused-ring (bicyclic) bond motifs is 1. The third-order valence-electron chi connectivity index (χ3n) is 6.95. The Morgan fingerprint density at radius 3 is 2.68 bits per heavy atom. The van der Waals surface area contributed by atoms with E-state index < -0.39 is 0 Å². The molecule has 2 aliphatic rings. The molecule has 1 saturated carbocycles. The molecule has 5 rings (SSSR count). The van der Waals surface area contributed by atoms with E-state index in [9.17, 15) is 0 Å². The minimum absolute atomic E-state index is 0.467. The van der Waals surface area contributed by atoms with E-state index in [-0.39, 0.29) is 0 Å². The monoisotopic (exact) mass is 454 g/mol. The Bertz CT molecular complexity index is 1170. The molecular weight excluding hydrogens is 420 g/mol. The van der Waals surface area contributed by atoms with Gasteiger partial charge in [-0.05, 0) is 50.5 Å². The molecule has 3 heterocycles. The van der Waals surface area contributed by atoms with Gasteiger partial charge in [-0.1, -0.05) is 49.6 Å². The average molecular weight is 455 g/mol. The smallest absolute Gasteiger partial charge is 0.158 e. The van der Waals surface area contributed by atoms with Crippen molar-refractivity contribution in [1.29, 1.82) is 0 Å². The highest BCUT2D eigenvalue weighted by molar-refractivity contribution is 5.75. The first-order chi connectivity index (χ1) is 16.6. The zero-order valence-corrected chi connectivity index (χ0v) is 20.3. The van der Waals surface area contributed by atoms with E-state index in [0.717, 1.165) is 59.7 Å². The number of hydrogen-bond acceptors (Lipinski definition) is 6. The van der Waals surface area contributed by atoms with Crippen LogP contribution in [0.3, 0.4) is 0 Å². The highest BCUT2D eigenvalue weighted by atomic mass is 15.3. The van der Waals surface area contributed by atoms with Crippen LogP contribution in [0.1, 0.15) is 55.8 Å². The molecule has 176 valence electrons. The van der Waals surface area contributed by atoms with Gasteiger partial charge in [-0.2, -0.15) is 0 Å². The van der Waals surface area contributed by atoms with Gasteiger partial charge in [-0.15, -0.1) is 0 Å². The lowest BCUT2D eigenvalue weighted by Crippen LogP contribution is -2.28. The molecule has 0 spiro atoms. The van der Waals surface area contributed by atoms with Gasteiger partial charge in [0, 0.05) is 37.8 Å². The minimum Gasteiger partial charge on any atom is -0.372 e. The first-order valence-corrected chi connectivity index (χ1v) is 12.4. The van der Waals surface area contributed by atoms with E-state index in [2.05, 4.69) is 77.0 Å². The summed E-state index contributed by atoms with van der Waals surface area (Å²) in [6, 6.07) is 14.7. The lowest BCUT2D eigenvalue weighted by Gasteiger charge is -2.27. The van der Waals surface area contributed by atoms with Crippen molar-refractivity contribution >= 4 is 17.3 Å². The van der Waals surface area contributed by atoms with Crippen molar-refractivity contribution in [2.75, 3.05) is 35.3 Å². The molecule has 1 fully saturated rings. The van der Waals surface area contributed by atoms with Crippen LogP contribution in [0.25, 0.3) is 11.3 Å². The fraction of sp³-hybridized carbons (Fsp3) is 0.393. The van der Waals surface area contributed by atoms with Crippen LogP contribution in [0.4, 0.5) is 17.3 Å². The van der Waals surface area contributed by atoms with Crippen LogP contribution in [-0.4, -0.2) is 35.1 Å². The van der Waals surface area contributed by atoms with Gasteiger partial charge < -0.3 is 15.1 Å². The summed E-state index contributed by atoms with van der Waals surface area (Å²) in [7, 11) is 2.13. The van der Waals surface area contributed by atoms with E-state index in [1.165, 1.54) is 37.7 Å². The SMILES string of the molecule is C=C(Nc1ccnc(C2CCCCC2)n1)N1CCCN(C)c2ccc(-c3cccc(C)c3)nc21. The quantitative estimate of drug-likeness (QED) is 0.501. The third kappa shape index (κ3) is 4.76. The molecule has 6 nitrogen and oxygen atoms in total. The summed E-state index contributed by atoms with van der Waals surface area (Å²) < 4.78 is 0. The number of aryl methyl sites for hydroxylation is 1. The number of nitrogens with one attached hydrogen (secondary N) is 1. The van der Waals surface area contributed by atoms with Gasteiger partial charge in [-0.3, -0.25) is 0 Å². The summed E-state index contributed by atoms with van der Waals surface area (Å²) in [6.45, 7) is 8.32. The van der Waals surface area contributed by atoms with Crippen molar-refractivity contribution in [3.8, 4) is 11.3 Å². The molecule has 6 heteroatoms. The Labute approximate surface area is 202 Å². The minimum atomic E-state index is 0.467. The molecule has 0 bridgehead atoms. The molecule has 1 N–H and O–H groups in total. The maximum absolute atomic E-state index is 5.12. The molecular formula is C28H34N6. The summed E-state index contributed by atoms with van der Waals surface area (Å²) in [6.07, 6.45) is 9.11. The number of rotatable bonds is 5. The summed E-state index contributed by atoms with van der Waals surface area (Å²) in [5.41, 5.74) is 4.44. The van der Waals surface area contributed by atoms with Crippen LogP contribution in [0.2, 0.25) is 0 Å². The zero-order valence-electron chi connectivity index (χ0n) is 20.3. The first kappa shape index (κ1) is 22.4. The van der Waals surface area contributed by atoms with Gasteiger partial charge >= 0.3 is 0 Å². The van der Waals surface area contributed by atoms with E-state index >= 15 is 0 Å². The molecule has 0 atom stereocenters. The number of nitrogens with zero attached hydrogens (tertiary/aromatic N) is 5. The van der Waals surface area contributed by atoms with Gasteiger partial charge in [0.25, 0.3) is 0 Å². The van der Waals surface area contributed by atoms with Gasteiger partial charge in [0.15, 0.2) is 5.82 Å². The maximum atomic E-state index is 5.12. The molecule has 0 amide bonds. The summed E-state index contributed by atoms with van der Waals surface area (Å²) in [4.78, 5) is 19.0. The van der Waals surface area contributed by atoms with Crippen LogP contribution in [0, 0.1) is 6.92 Å². The van der Waals surface area contributed by atoms with E-state index in [1.54, 1.807) is 0 Å². The molecule has 3 aromatic rings. The van der Waals surface area contributed by atoms with Gasteiger partial charge in [0.1, 0.15) is 17.5 Å². The number of anilines is 3. The maximum Gasteiger partial charge on any atom is 0.158 e. The lowest BCUT2D eigenvalue weighted by atomic mass is 9.89. The normalized spacial score (nSPS) is 16.6. The highest BCUT2D eigenvalue weighted by Gasteiger charge is 2.24. The van der Waals surface area contributed by atoms with Crippen LogP contribution in [0.15, 0.2) is 61.1 Å². The summed E-state index contributed by atoms with van der Waals surface area (Å²) in [5, 5.41) is 3.46. The Morgan fingerprint density at radius 1 is 1.00 bits per heavy atom. The number of benzene rings is 1. The number of aromatic nitrogens is 3. The van der Waals surface area contributed by atoms with Crippen LogP contribution < -0.4 is 15.1 Å². The molecule has 1 aliphatic carbocycles. The second-order valence-corrected chi connectivity index (χ2v) is 9.54. The lowest BCUT2D eigenvalue weighted by molar-refractivity contribution is 0.429. The molecule has 0 unspecified atom stereocenters.